The number of amides is 2. The van der Waals surface area contributed by atoms with Crippen LogP contribution in [0, 0.1) is 0 Å². The third kappa shape index (κ3) is 4.28. The minimum absolute atomic E-state index is 0.0716. The van der Waals surface area contributed by atoms with Crippen LogP contribution >= 0.6 is 0 Å². The van der Waals surface area contributed by atoms with Crippen molar-refractivity contribution in [3.63, 3.8) is 0 Å². The molecule has 0 aliphatic carbocycles. The van der Waals surface area contributed by atoms with Crippen LogP contribution in [0.1, 0.15) is 30.0 Å². The molecule has 1 aliphatic heterocycles. The molecule has 0 saturated carbocycles. The van der Waals surface area contributed by atoms with Crippen molar-refractivity contribution in [2.75, 3.05) is 12.0 Å². The zero-order valence-corrected chi connectivity index (χ0v) is 18.2. The van der Waals surface area contributed by atoms with E-state index in [4.69, 9.17) is 4.74 Å². The summed E-state index contributed by atoms with van der Waals surface area (Å²) in [5, 5.41) is 0. The molecule has 1 aliphatic rings. The van der Waals surface area contributed by atoms with E-state index in [1.54, 1.807) is 0 Å². The third-order valence-electron chi connectivity index (χ3n) is 5.29. The van der Waals surface area contributed by atoms with Gasteiger partial charge in [-0.2, -0.15) is 4.72 Å². The van der Waals surface area contributed by atoms with Crippen LogP contribution in [0.25, 0.3) is 0 Å². The Labute approximate surface area is 186 Å². The summed E-state index contributed by atoms with van der Waals surface area (Å²) in [7, 11) is -2.62. The number of methoxy groups -OCH3 is 1. The molecular weight excluding hydrogens is 428 g/mol. The van der Waals surface area contributed by atoms with Crippen LogP contribution in [-0.2, 0) is 19.6 Å². The molecule has 1 saturated heterocycles. The van der Waals surface area contributed by atoms with Crippen LogP contribution in [0.2, 0.25) is 0 Å². The number of carbonyl (C=O) groups is 2. The summed E-state index contributed by atoms with van der Waals surface area (Å²) >= 11 is 0. The number of rotatable bonds is 7. The van der Waals surface area contributed by atoms with Crippen LogP contribution in [0.5, 0.6) is 5.75 Å². The van der Waals surface area contributed by atoms with E-state index in [0.29, 0.717) is 0 Å². The average molecular weight is 451 g/mol. The van der Waals surface area contributed by atoms with Crippen molar-refractivity contribution in [1.29, 1.82) is 0 Å². The fourth-order valence-corrected chi connectivity index (χ4v) is 4.93. The van der Waals surface area contributed by atoms with Crippen LogP contribution < -0.4 is 14.4 Å². The number of nitrogens with one attached hydrogen (secondary N) is 1. The van der Waals surface area contributed by atoms with Crippen LogP contribution in [0.15, 0.2) is 83.8 Å². The molecule has 0 spiro atoms. The molecule has 1 N–H and O–H groups in total. The lowest BCUT2D eigenvalue weighted by Crippen LogP contribution is -2.31. The first-order valence-corrected chi connectivity index (χ1v) is 11.5. The Hall–Kier alpha value is -3.49. The van der Waals surface area contributed by atoms with Gasteiger partial charge in [-0.15, -0.1) is 0 Å². The summed E-state index contributed by atoms with van der Waals surface area (Å²) in [5.74, 6) is -0.528. The molecule has 8 heteroatoms. The molecule has 0 radical (unpaired) electrons. The second-order valence-electron chi connectivity index (χ2n) is 7.33. The first kappa shape index (κ1) is 21.7. The molecular formula is C24H22N2O5S. The van der Waals surface area contributed by atoms with E-state index in [2.05, 4.69) is 4.72 Å². The van der Waals surface area contributed by atoms with Crippen LogP contribution in [-0.4, -0.2) is 27.3 Å². The van der Waals surface area contributed by atoms with E-state index >= 15 is 0 Å². The third-order valence-corrected chi connectivity index (χ3v) is 6.71. The minimum Gasteiger partial charge on any atom is -0.495 e. The van der Waals surface area contributed by atoms with Gasteiger partial charge in [0, 0.05) is 12.8 Å². The van der Waals surface area contributed by atoms with E-state index < -0.39 is 16.1 Å². The first-order chi connectivity index (χ1) is 15.4. The number of anilines is 1. The van der Waals surface area contributed by atoms with Crippen LogP contribution in [0.4, 0.5) is 5.69 Å². The highest BCUT2D eigenvalue weighted by Gasteiger charge is 2.33. The highest BCUT2D eigenvalue weighted by atomic mass is 32.2. The largest absolute Gasteiger partial charge is 0.495 e. The van der Waals surface area contributed by atoms with Gasteiger partial charge in [0.2, 0.25) is 21.8 Å². The van der Waals surface area contributed by atoms with E-state index in [-0.39, 0.29) is 41.0 Å². The quantitative estimate of drug-likeness (QED) is 0.557. The summed E-state index contributed by atoms with van der Waals surface area (Å²) in [6.07, 6.45) is 0.169. The van der Waals surface area contributed by atoms with Gasteiger partial charge in [-0.3, -0.25) is 9.59 Å². The molecule has 32 heavy (non-hydrogen) atoms. The smallest absolute Gasteiger partial charge is 0.241 e. The van der Waals surface area contributed by atoms with Crippen molar-refractivity contribution in [2.24, 2.45) is 0 Å². The number of imide groups is 1. The highest BCUT2D eigenvalue weighted by Crippen LogP contribution is 2.35. The van der Waals surface area contributed by atoms with Gasteiger partial charge in [-0.25, -0.2) is 13.3 Å². The summed E-state index contributed by atoms with van der Waals surface area (Å²) in [4.78, 5) is 25.4. The predicted octanol–water partition coefficient (Wildman–Crippen LogP) is 3.42. The normalized spacial score (nSPS) is 14.2. The summed E-state index contributed by atoms with van der Waals surface area (Å²) in [6, 6.07) is 22.0. The number of nitrogens with zero attached hydrogens (tertiary/aromatic N) is 1. The lowest BCUT2D eigenvalue weighted by molar-refractivity contribution is -0.121. The van der Waals surface area contributed by atoms with E-state index in [1.165, 1.54) is 25.3 Å². The van der Waals surface area contributed by atoms with Crippen molar-refractivity contribution in [3.05, 3.63) is 90.0 Å². The van der Waals surface area contributed by atoms with Crippen molar-refractivity contribution < 1.29 is 22.7 Å². The van der Waals surface area contributed by atoms with Gasteiger partial charge in [0.25, 0.3) is 0 Å². The number of carbonyl (C=O) groups excluding carboxylic acids is 2. The average Bonchev–Trinajstić information content (AvgIpc) is 3.16. The Kier molecular flexibility index (Phi) is 6.07. The molecule has 1 fully saturated rings. The molecule has 0 unspecified atom stereocenters. The molecule has 0 atom stereocenters. The molecule has 1 heterocycles. The summed E-state index contributed by atoms with van der Waals surface area (Å²) in [6.45, 7) is 0. The maximum absolute atomic E-state index is 13.4. The first-order valence-electron chi connectivity index (χ1n) is 10.1. The molecule has 3 aromatic rings. The number of hydrogen-bond acceptors (Lipinski definition) is 5. The number of ether oxygens (including phenoxy) is 1. The fourth-order valence-electron chi connectivity index (χ4n) is 3.70. The van der Waals surface area contributed by atoms with Gasteiger partial charge in [-0.05, 0) is 29.3 Å². The summed E-state index contributed by atoms with van der Waals surface area (Å²) in [5.41, 5.74) is 1.68. The zero-order valence-electron chi connectivity index (χ0n) is 17.4. The molecule has 164 valence electrons. The standard InChI is InChI=1S/C24H22N2O5S/c1-31-21-13-12-19(16-20(21)26-22(27)14-15-23(26)28)32(29,30)25-24(17-8-4-2-5-9-17)18-10-6-3-7-11-18/h2-13,16,24-25H,14-15H2,1H3. The van der Waals surface area contributed by atoms with Gasteiger partial charge in [-0.1, -0.05) is 60.7 Å². The minimum atomic E-state index is -4.02. The lowest BCUT2D eigenvalue weighted by atomic mass is 10.00. The van der Waals surface area contributed by atoms with E-state index in [0.717, 1.165) is 16.0 Å². The van der Waals surface area contributed by atoms with E-state index in [1.807, 2.05) is 60.7 Å². The maximum atomic E-state index is 13.4. The Morgan fingerprint density at radius 1 is 0.844 bits per heavy atom. The number of benzene rings is 3. The van der Waals surface area contributed by atoms with Crippen molar-refractivity contribution in [3.8, 4) is 5.75 Å². The van der Waals surface area contributed by atoms with Crippen LogP contribution in [0.3, 0.4) is 0 Å². The van der Waals surface area contributed by atoms with Gasteiger partial charge < -0.3 is 4.74 Å². The highest BCUT2D eigenvalue weighted by molar-refractivity contribution is 7.89. The second kappa shape index (κ2) is 8.94. The van der Waals surface area contributed by atoms with Gasteiger partial charge in [0.1, 0.15) is 5.75 Å². The molecule has 4 rings (SSSR count). The predicted molar refractivity (Wildman–Crippen MR) is 120 cm³/mol. The zero-order chi connectivity index (χ0) is 22.7. The molecule has 0 bridgehead atoms. The van der Waals surface area contributed by atoms with Gasteiger partial charge in [0.05, 0.1) is 23.7 Å². The lowest BCUT2D eigenvalue weighted by Gasteiger charge is -2.22. The summed E-state index contributed by atoms with van der Waals surface area (Å²) < 4.78 is 34.8. The molecule has 3 aromatic carbocycles. The fraction of sp³-hybridized carbons (Fsp3) is 0.167. The Balaban J connectivity index is 1.75. The van der Waals surface area contributed by atoms with E-state index in [9.17, 15) is 18.0 Å². The number of hydrogen-bond donors (Lipinski definition) is 1. The SMILES string of the molecule is COc1ccc(S(=O)(=O)NC(c2ccccc2)c2ccccc2)cc1N1C(=O)CCC1=O. The monoisotopic (exact) mass is 450 g/mol. The molecule has 0 aromatic heterocycles. The molecule has 2 amide bonds. The topological polar surface area (TPSA) is 92.8 Å². The number of sulfonamides is 1. The van der Waals surface area contributed by atoms with Gasteiger partial charge in [0.15, 0.2) is 0 Å². The Morgan fingerprint density at radius 3 is 1.88 bits per heavy atom. The second-order valence-corrected chi connectivity index (χ2v) is 9.05. The molecule has 7 nitrogen and oxygen atoms in total. The van der Waals surface area contributed by atoms with Crippen molar-refractivity contribution >= 4 is 27.5 Å². The van der Waals surface area contributed by atoms with Crippen molar-refractivity contribution in [1.82, 2.24) is 4.72 Å². The van der Waals surface area contributed by atoms with Gasteiger partial charge >= 0.3 is 0 Å². The Morgan fingerprint density at radius 2 is 1.38 bits per heavy atom. The maximum Gasteiger partial charge on any atom is 0.241 e. The Bertz CT molecular complexity index is 1190. The van der Waals surface area contributed by atoms with Crippen molar-refractivity contribution in [2.45, 2.75) is 23.8 Å².